The Bertz CT molecular complexity index is 233. The van der Waals surface area contributed by atoms with E-state index < -0.39 is 0 Å². The van der Waals surface area contributed by atoms with Gasteiger partial charge in [0, 0.05) is 0 Å². The predicted octanol–water partition coefficient (Wildman–Crippen LogP) is 9.16. The Morgan fingerprint density at radius 3 is 0.917 bits per heavy atom. The van der Waals surface area contributed by atoms with Crippen LogP contribution in [0, 0.1) is 0 Å². The summed E-state index contributed by atoms with van der Waals surface area (Å²) in [5, 5.41) is 0. The SMILES string of the molecule is CCCCCCCCC=CCCCCC=CCCCCCCCC. The zero-order chi connectivity index (χ0) is 17.6. The van der Waals surface area contributed by atoms with Gasteiger partial charge in [-0.1, -0.05) is 102 Å². The third kappa shape index (κ3) is 21.5. The molecule has 0 heterocycles. The molecule has 0 rings (SSSR count). The van der Waals surface area contributed by atoms with Crippen molar-refractivity contribution in [2.75, 3.05) is 0 Å². The van der Waals surface area contributed by atoms with Gasteiger partial charge >= 0.3 is 0 Å². The number of unbranched alkanes of at least 4 members (excludes halogenated alkanes) is 15. The maximum atomic E-state index is 2.41. The first kappa shape index (κ1) is 23.5. The van der Waals surface area contributed by atoms with Gasteiger partial charge in [-0.15, -0.1) is 0 Å². The second-order valence-corrected chi connectivity index (χ2v) is 7.34. The van der Waals surface area contributed by atoms with E-state index in [1.807, 2.05) is 0 Å². The van der Waals surface area contributed by atoms with E-state index in [0.717, 1.165) is 0 Å². The van der Waals surface area contributed by atoms with Crippen LogP contribution in [0.25, 0.3) is 0 Å². The first-order chi connectivity index (χ1) is 11.9. The fourth-order valence-electron chi connectivity index (χ4n) is 3.08. The average Bonchev–Trinajstić information content (AvgIpc) is 2.60. The van der Waals surface area contributed by atoms with Crippen molar-refractivity contribution in [2.45, 2.75) is 129 Å². The predicted molar refractivity (Wildman–Crippen MR) is 113 cm³/mol. The Morgan fingerprint density at radius 2 is 0.583 bits per heavy atom. The Morgan fingerprint density at radius 1 is 0.333 bits per heavy atom. The monoisotopic (exact) mass is 334 g/mol. The molecule has 0 atom stereocenters. The van der Waals surface area contributed by atoms with Gasteiger partial charge in [0.15, 0.2) is 0 Å². The minimum absolute atomic E-state index is 1.28. The van der Waals surface area contributed by atoms with Crippen LogP contribution in [0.15, 0.2) is 24.3 Å². The van der Waals surface area contributed by atoms with Crippen molar-refractivity contribution in [1.82, 2.24) is 0 Å². The second kappa shape index (κ2) is 22.5. The lowest BCUT2D eigenvalue weighted by Gasteiger charge is -1.98. The molecule has 0 nitrogen and oxygen atoms in total. The highest BCUT2D eigenvalue weighted by atomic mass is 14.0. The number of allylic oxidation sites excluding steroid dienone is 4. The van der Waals surface area contributed by atoms with E-state index in [1.165, 1.54) is 116 Å². The van der Waals surface area contributed by atoms with Crippen LogP contribution in [-0.2, 0) is 0 Å². The summed E-state index contributed by atoms with van der Waals surface area (Å²) in [6.45, 7) is 4.57. The lowest BCUT2D eigenvalue weighted by atomic mass is 10.1. The van der Waals surface area contributed by atoms with Gasteiger partial charge in [-0.2, -0.15) is 0 Å². The van der Waals surface area contributed by atoms with Gasteiger partial charge in [-0.25, -0.2) is 0 Å². The zero-order valence-electron chi connectivity index (χ0n) is 17.0. The van der Waals surface area contributed by atoms with Crippen molar-refractivity contribution in [3.8, 4) is 0 Å². The molecule has 0 aliphatic rings. The van der Waals surface area contributed by atoms with Gasteiger partial charge in [-0.05, 0) is 51.4 Å². The molecule has 0 saturated heterocycles. The van der Waals surface area contributed by atoms with E-state index in [9.17, 15) is 0 Å². The first-order valence-electron chi connectivity index (χ1n) is 11.2. The summed E-state index contributed by atoms with van der Waals surface area (Å²) in [4.78, 5) is 0. The average molecular weight is 335 g/mol. The molecular weight excluding hydrogens is 288 g/mol. The fourth-order valence-corrected chi connectivity index (χ4v) is 3.08. The second-order valence-electron chi connectivity index (χ2n) is 7.34. The lowest BCUT2D eigenvalue weighted by molar-refractivity contribution is 0.610. The molecule has 0 aliphatic heterocycles. The Balaban J connectivity index is 3.13. The van der Waals surface area contributed by atoms with Gasteiger partial charge in [-0.3, -0.25) is 0 Å². The fraction of sp³-hybridized carbons (Fsp3) is 0.833. The van der Waals surface area contributed by atoms with E-state index in [4.69, 9.17) is 0 Å². The van der Waals surface area contributed by atoms with Gasteiger partial charge in [0.25, 0.3) is 0 Å². The molecule has 0 aromatic rings. The molecule has 0 heteroatoms. The summed E-state index contributed by atoms with van der Waals surface area (Å²) in [7, 11) is 0. The molecule has 0 radical (unpaired) electrons. The van der Waals surface area contributed by atoms with Crippen LogP contribution in [0.3, 0.4) is 0 Å². The lowest BCUT2D eigenvalue weighted by Crippen LogP contribution is -1.78. The van der Waals surface area contributed by atoms with E-state index in [0.29, 0.717) is 0 Å². The highest BCUT2D eigenvalue weighted by Gasteiger charge is 1.89. The molecule has 0 aromatic carbocycles. The molecule has 0 amide bonds. The zero-order valence-corrected chi connectivity index (χ0v) is 17.0. The Hall–Kier alpha value is -0.520. The normalized spacial score (nSPS) is 11.9. The van der Waals surface area contributed by atoms with E-state index >= 15 is 0 Å². The van der Waals surface area contributed by atoms with Crippen molar-refractivity contribution >= 4 is 0 Å². The summed E-state index contributed by atoms with van der Waals surface area (Å²) in [6, 6.07) is 0. The number of hydrogen-bond donors (Lipinski definition) is 0. The van der Waals surface area contributed by atoms with Crippen molar-refractivity contribution in [3.63, 3.8) is 0 Å². The number of rotatable bonds is 19. The van der Waals surface area contributed by atoms with Crippen molar-refractivity contribution < 1.29 is 0 Å². The minimum Gasteiger partial charge on any atom is -0.0885 e. The molecule has 24 heavy (non-hydrogen) atoms. The van der Waals surface area contributed by atoms with Crippen molar-refractivity contribution in [2.24, 2.45) is 0 Å². The largest absolute Gasteiger partial charge is 0.0885 e. The minimum atomic E-state index is 1.28. The molecule has 0 bridgehead atoms. The number of hydrogen-bond acceptors (Lipinski definition) is 0. The summed E-state index contributed by atoms with van der Waals surface area (Å²) >= 11 is 0. The standard InChI is InChI=1S/C24H46/c1-3-5-7-9-11-13-15-17-19-21-23-24-22-20-18-16-14-12-10-8-6-4-2/h17-20H,3-16,21-24H2,1-2H3. The van der Waals surface area contributed by atoms with E-state index in [1.54, 1.807) is 0 Å². The van der Waals surface area contributed by atoms with Crippen LogP contribution in [0.4, 0.5) is 0 Å². The molecule has 0 aromatic heterocycles. The maximum Gasteiger partial charge on any atom is -0.0351 e. The molecular formula is C24H46. The van der Waals surface area contributed by atoms with Crippen molar-refractivity contribution in [3.05, 3.63) is 24.3 Å². The van der Waals surface area contributed by atoms with Crippen LogP contribution in [0.1, 0.15) is 129 Å². The third-order valence-electron chi connectivity index (χ3n) is 4.77. The maximum absolute atomic E-state index is 2.41. The van der Waals surface area contributed by atoms with Crippen molar-refractivity contribution in [1.29, 1.82) is 0 Å². The van der Waals surface area contributed by atoms with Crippen LogP contribution in [0.2, 0.25) is 0 Å². The summed E-state index contributed by atoms with van der Waals surface area (Å²) < 4.78 is 0. The highest BCUT2D eigenvalue weighted by Crippen LogP contribution is 2.09. The first-order valence-corrected chi connectivity index (χ1v) is 11.2. The summed E-state index contributed by atoms with van der Waals surface area (Å²) in [6.07, 6.45) is 34.4. The van der Waals surface area contributed by atoms with E-state index in [2.05, 4.69) is 38.2 Å². The smallest absolute Gasteiger partial charge is 0.0351 e. The summed E-state index contributed by atoms with van der Waals surface area (Å²) in [5.74, 6) is 0. The molecule has 142 valence electrons. The Kier molecular flexibility index (Phi) is 22.0. The molecule has 0 aliphatic carbocycles. The van der Waals surface area contributed by atoms with Crippen LogP contribution >= 0.6 is 0 Å². The molecule has 0 saturated carbocycles. The summed E-state index contributed by atoms with van der Waals surface area (Å²) in [5.41, 5.74) is 0. The van der Waals surface area contributed by atoms with Gasteiger partial charge < -0.3 is 0 Å². The van der Waals surface area contributed by atoms with Crippen LogP contribution in [-0.4, -0.2) is 0 Å². The van der Waals surface area contributed by atoms with E-state index in [-0.39, 0.29) is 0 Å². The van der Waals surface area contributed by atoms with Crippen LogP contribution in [0.5, 0.6) is 0 Å². The molecule has 0 N–H and O–H groups in total. The molecule has 0 unspecified atom stereocenters. The van der Waals surface area contributed by atoms with Gasteiger partial charge in [0.1, 0.15) is 0 Å². The third-order valence-corrected chi connectivity index (χ3v) is 4.77. The topological polar surface area (TPSA) is 0 Å². The van der Waals surface area contributed by atoms with Crippen LogP contribution < -0.4 is 0 Å². The molecule has 0 spiro atoms. The quantitative estimate of drug-likeness (QED) is 0.163. The van der Waals surface area contributed by atoms with Gasteiger partial charge in [0.2, 0.25) is 0 Å². The highest BCUT2D eigenvalue weighted by molar-refractivity contribution is 4.84. The molecule has 0 fully saturated rings. The Labute approximate surface area is 154 Å². The van der Waals surface area contributed by atoms with Gasteiger partial charge in [0.05, 0.1) is 0 Å².